The van der Waals surface area contributed by atoms with Gasteiger partial charge in [0.2, 0.25) is 11.8 Å². The molecule has 5 heteroatoms. The molecule has 1 spiro atoms. The number of amides is 2. The molecule has 0 radical (unpaired) electrons. The monoisotopic (exact) mass is 441 g/mol. The first kappa shape index (κ1) is 21.6. The third-order valence-electron chi connectivity index (χ3n) is 7.53. The largest absolute Gasteiger partial charge is 0.356 e. The third kappa shape index (κ3) is 4.77. The van der Waals surface area contributed by atoms with Crippen LogP contribution in [-0.2, 0) is 22.4 Å². The highest BCUT2D eigenvalue weighted by molar-refractivity contribution is 5.90. The van der Waals surface area contributed by atoms with E-state index in [-0.39, 0.29) is 23.1 Å². The molecule has 1 atom stereocenters. The maximum absolute atomic E-state index is 13.0. The summed E-state index contributed by atoms with van der Waals surface area (Å²) in [7, 11) is 0. The fourth-order valence-electron chi connectivity index (χ4n) is 5.37. The Morgan fingerprint density at radius 1 is 1.00 bits per heavy atom. The zero-order valence-corrected chi connectivity index (χ0v) is 19.0. The van der Waals surface area contributed by atoms with Crippen molar-refractivity contribution in [3.05, 3.63) is 78.1 Å². The van der Waals surface area contributed by atoms with Crippen molar-refractivity contribution in [1.82, 2.24) is 15.2 Å². The lowest BCUT2D eigenvalue weighted by molar-refractivity contribution is -0.132. The number of pyridine rings is 1. The van der Waals surface area contributed by atoms with Gasteiger partial charge in [0.15, 0.2) is 0 Å². The van der Waals surface area contributed by atoms with Gasteiger partial charge in [-0.25, -0.2) is 0 Å². The third-order valence-corrected chi connectivity index (χ3v) is 7.53. The highest BCUT2D eigenvalue weighted by atomic mass is 16.2. The fraction of sp³-hybridized carbons (Fsp3) is 0.393. The van der Waals surface area contributed by atoms with Crippen LogP contribution < -0.4 is 5.32 Å². The lowest BCUT2D eigenvalue weighted by atomic mass is 9.90. The van der Waals surface area contributed by atoms with Crippen LogP contribution in [-0.4, -0.2) is 41.3 Å². The van der Waals surface area contributed by atoms with Crippen molar-refractivity contribution < 1.29 is 9.59 Å². The molecule has 1 aromatic heterocycles. The van der Waals surface area contributed by atoms with E-state index in [1.165, 1.54) is 10.9 Å². The second-order valence-electron chi connectivity index (χ2n) is 9.56. The van der Waals surface area contributed by atoms with Crippen molar-refractivity contribution in [3.63, 3.8) is 0 Å². The molecule has 5 nitrogen and oxygen atoms in total. The average Bonchev–Trinajstić information content (AvgIpc) is 3.56. The summed E-state index contributed by atoms with van der Waals surface area (Å²) in [4.78, 5) is 31.7. The predicted octanol–water partition coefficient (Wildman–Crippen LogP) is 4.16. The van der Waals surface area contributed by atoms with Gasteiger partial charge < -0.3 is 10.2 Å². The van der Waals surface area contributed by atoms with Gasteiger partial charge in [0.25, 0.3) is 0 Å². The molecular weight excluding hydrogens is 410 g/mol. The minimum atomic E-state index is 0.116. The van der Waals surface area contributed by atoms with Crippen molar-refractivity contribution in [2.45, 2.75) is 38.5 Å². The van der Waals surface area contributed by atoms with Gasteiger partial charge in [-0.3, -0.25) is 14.6 Å². The molecule has 2 aliphatic rings. The van der Waals surface area contributed by atoms with Gasteiger partial charge in [0.05, 0.1) is 6.42 Å². The Morgan fingerprint density at radius 3 is 2.58 bits per heavy atom. The molecule has 1 aliphatic heterocycles. The Morgan fingerprint density at radius 2 is 1.76 bits per heavy atom. The van der Waals surface area contributed by atoms with Crippen LogP contribution in [0.4, 0.5) is 0 Å². The van der Waals surface area contributed by atoms with Crippen LogP contribution in [0.25, 0.3) is 10.8 Å². The standard InChI is InChI=1S/C28H31N3O2/c32-26(19-23-8-3-7-22-6-1-2-9-24(22)23)31-17-12-28(13-18-31)20-25(28)27(33)30-14-4-5-21-10-15-29-16-11-21/h1-3,6-11,15-16,25H,4-5,12-14,17-20H2,(H,30,33)/t25-/m1/s1. The Hall–Kier alpha value is -3.21. The molecule has 1 saturated carbocycles. The number of likely N-dealkylation sites (tertiary alicyclic amines) is 1. The van der Waals surface area contributed by atoms with Crippen LogP contribution in [0.1, 0.15) is 36.8 Å². The Balaban J connectivity index is 1.08. The highest BCUT2D eigenvalue weighted by Gasteiger charge is 2.58. The second-order valence-corrected chi connectivity index (χ2v) is 9.56. The molecule has 2 aromatic carbocycles. The highest BCUT2D eigenvalue weighted by Crippen LogP contribution is 2.59. The molecule has 0 bridgehead atoms. The maximum atomic E-state index is 13.0. The van der Waals surface area contributed by atoms with E-state index in [0.29, 0.717) is 13.0 Å². The first-order valence-corrected chi connectivity index (χ1v) is 12.1. The molecule has 2 fully saturated rings. The number of benzene rings is 2. The molecule has 2 heterocycles. The van der Waals surface area contributed by atoms with Crippen molar-refractivity contribution in [2.24, 2.45) is 11.3 Å². The van der Waals surface area contributed by atoms with Gasteiger partial charge in [-0.2, -0.15) is 0 Å². The molecular formula is C28H31N3O2. The van der Waals surface area contributed by atoms with Gasteiger partial charge in [-0.15, -0.1) is 0 Å². The Labute approximate surface area is 195 Å². The zero-order chi connectivity index (χ0) is 22.7. The van der Waals surface area contributed by atoms with Gasteiger partial charge in [0.1, 0.15) is 0 Å². The summed E-state index contributed by atoms with van der Waals surface area (Å²) in [6.07, 6.45) is 8.78. The van der Waals surface area contributed by atoms with Crippen LogP contribution in [0.15, 0.2) is 67.0 Å². The van der Waals surface area contributed by atoms with E-state index in [4.69, 9.17) is 0 Å². The zero-order valence-electron chi connectivity index (χ0n) is 19.0. The maximum Gasteiger partial charge on any atom is 0.227 e. The molecule has 2 amide bonds. The quantitative estimate of drug-likeness (QED) is 0.560. The summed E-state index contributed by atoms with van der Waals surface area (Å²) in [5, 5.41) is 5.47. The number of nitrogens with zero attached hydrogens (tertiary/aromatic N) is 2. The lowest BCUT2D eigenvalue weighted by Gasteiger charge is -2.33. The lowest BCUT2D eigenvalue weighted by Crippen LogP contribution is -2.41. The number of fused-ring (bicyclic) bond motifs is 1. The van der Waals surface area contributed by atoms with Gasteiger partial charge in [0, 0.05) is 37.9 Å². The van der Waals surface area contributed by atoms with Crippen LogP contribution in [0.3, 0.4) is 0 Å². The number of carbonyl (C=O) groups excluding carboxylic acids is 2. The van der Waals surface area contributed by atoms with Gasteiger partial charge >= 0.3 is 0 Å². The van der Waals surface area contributed by atoms with E-state index in [9.17, 15) is 9.59 Å². The summed E-state index contributed by atoms with van der Waals surface area (Å²) in [5.74, 6) is 0.507. The number of aromatic nitrogens is 1. The molecule has 170 valence electrons. The van der Waals surface area contributed by atoms with E-state index in [0.717, 1.165) is 56.1 Å². The molecule has 3 aromatic rings. The van der Waals surface area contributed by atoms with Crippen LogP contribution in [0, 0.1) is 11.3 Å². The normalized spacial score (nSPS) is 18.9. The molecule has 5 rings (SSSR count). The number of rotatable bonds is 7. The molecule has 1 N–H and O–H groups in total. The molecule has 33 heavy (non-hydrogen) atoms. The van der Waals surface area contributed by atoms with E-state index in [2.05, 4.69) is 34.6 Å². The van der Waals surface area contributed by atoms with Crippen molar-refractivity contribution in [1.29, 1.82) is 0 Å². The molecule has 0 unspecified atom stereocenters. The fourth-order valence-corrected chi connectivity index (χ4v) is 5.37. The van der Waals surface area contributed by atoms with E-state index < -0.39 is 0 Å². The molecule has 1 aliphatic carbocycles. The Kier molecular flexibility index (Phi) is 6.12. The van der Waals surface area contributed by atoms with E-state index >= 15 is 0 Å². The number of hydrogen-bond donors (Lipinski definition) is 1. The summed E-state index contributed by atoms with van der Waals surface area (Å²) in [6, 6.07) is 18.5. The van der Waals surface area contributed by atoms with Gasteiger partial charge in [-0.05, 0) is 71.6 Å². The summed E-state index contributed by atoms with van der Waals surface area (Å²) in [6.45, 7) is 2.23. The topological polar surface area (TPSA) is 62.3 Å². The van der Waals surface area contributed by atoms with E-state index in [1.54, 1.807) is 12.4 Å². The number of nitrogens with one attached hydrogen (secondary N) is 1. The summed E-state index contributed by atoms with van der Waals surface area (Å²) >= 11 is 0. The first-order chi connectivity index (χ1) is 16.1. The number of piperidine rings is 1. The average molecular weight is 442 g/mol. The number of carbonyl (C=O) groups is 2. The van der Waals surface area contributed by atoms with Gasteiger partial charge in [-0.1, -0.05) is 42.5 Å². The van der Waals surface area contributed by atoms with Crippen molar-refractivity contribution in [2.75, 3.05) is 19.6 Å². The minimum Gasteiger partial charge on any atom is -0.356 e. The smallest absolute Gasteiger partial charge is 0.227 e. The minimum absolute atomic E-state index is 0.116. The summed E-state index contributed by atoms with van der Waals surface area (Å²) in [5.41, 5.74) is 2.46. The first-order valence-electron chi connectivity index (χ1n) is 12.1. The van der Waals surface area contributed by atoms with Crippen LogP contribution >= 0.6 is 0 Å². The summed E-state index contributed by atoms with van der Waals surface area (Å²) < 4.78 is 0. The van der Waals surface area contributed by atoms with Crippen LogP contribution in [0.2, 0.25) is 0 Å². The number of hydrogen-bond acceptors (Lipinski definition) is 3. The SMILES string of the molecule is O=C(NCCCc1ccncc1)[C@H]1CC12CCN(C(=O)Cc1cccc3ccccc13)CC2. The van der Waals surface area contributed by atoms with Crippen molar-refractivity contribution in [3.8, 4) is 0 Å². The Bertz CT molecular complexity index is 1130. The number of aryl methyl sites for hydroxylation is 1. The molecule has 1 saturated heterocycles. The predicted molar refractivity (Wildman–Crippen MR) is 130 cm³/mol. The van der Waals surface area contributed by atoms with E-state index in [1.807, 2.05) is 35.2 Å². The second kappa shape index (κ2) is 9.34. The van der Waals surface area contributed by atoms with Crippen LogP contribution in [0.5, 0.6) is 0 Å². The van der Waals surface area contributed by atoms with Crippen molar-refractivity contribution >= 4 is 22.6 Å².